The molecule has 0 amide bonds. The minimum atomic E-state index is -1.58. The van der Waals surface area contributed by atoms with Crippen LogP contribution in [0.5, 0.6) is 0 Å². The monoisotopic (exact) mass is 590 g/mol. The van der Waals surface area contributed by atoms with Gasteiger partial charge in [0.15, 0.2) is 0 Å². The molecule has 40 heavy (non-hydrogen) atoms. The van der Waals surface area contributed by atoms with Crippen LogP contribution in [-0.4, -0.2) is 46.6 Å². The quantitative estimate of drug-likeness (QED) is 0.262. The number of rotatable bonds is 0. The first kappa shape index (κ1) is 46.9. The first-order valence-corrected chi connectivity index (χ1v) is 19.6. The van der Waals surface area contributed by atoms with Crippen LogP contribution in [0.15, 0.2) is 0 Å². The van der Waals surface area contributed by atoms with Crippen molar-refractivity contribution >= 4 is 15.4 Å². The first-order valence-electron chi connectivity index (χ1n) is 17.5. The van der Waals surface area contributed by atoms with Crippen LogP contribution in [-0.2, 0) is 9.52 Å². The van der Waals surface area contributed by atoms with E-state index in [4.69, 9.17) is 0 Å². The molecule has 2 nitrogen and oxygen atoms in total. The zero-order valence-corrected chi connectivity index (χ0v) is 31.5. The van der Waals surface area contributed by atoms with Crippen molar-refractivity contribution < 1.29 is 4.21 Å². The Balaban J connectivity index is -0.000000188. The molecule has 4 fully saturated rings. The largest absolute Gasteiger partial charge is 0.306 e. The SMILES string of the molecule is C1CCCC1.C1CCCC1.C=S1(=O)CCCCC1.CC(C)C.CC(C)C.CC(C)C.CC(C)C.CN1CCCC1. The van der Waals surface area contributed by atoms with Crippen LogP contribution in [0.25, 0.3) is 0 Å². The van der Waals surface area contributed by atoms with Crippen LogP contribution in [0, 0.1) is 23.7 Å². The predicted molar refractivity (Wildman–Crippen MR) is 194 cm³/mol. The van der Waals surface area contributed by atoms with Crippen molar-refractivity contribution in [3.05, 3.63) is 0 Å². The average molecular weight is 590 g/mol. The van der Waals surface area contributed by atoms with Gasteiger partial charge in [0.2, 0.25) is 0 Å². The lowest BCUT2D eigenvalue weighted by molar-refractivity contribution is 0.418. The molecule has 4 rings (SSSR count). The fourth-order valence-electron chi connectivity index (χ4n) is 3.65. The maximum absolute atomic E-state index is 11.1. The number of hydrogen-bond acceptors (Lipinski definition) is 2. The number of hydrogen-bond donors (Lipinski definition) is 0. The zero-order valence-electron chi connectivity index (χ0n) is 30.7. The van der Waals surface area contributed by atoms with E-state index in [1.807, 2.05) is 0 Å². The topological polar surface area (TPSA) is 20.3 Å². The highest BCUT2D eigenvalue weighted by atomic mass is 32.2. The van der Waals surface area contributed by atoms with Crippen molar-refractivity contribution in [1.29, 1.82) is 0 Å². The zero-order chi connectivity index (χ0) is 31.8. The molecule has 0 spiro atoms. The maximum Gasteiger partial charge on any atom is 0.0158 e. The van der Waals surface area contributed by atoms with Crippen molar-refractivity contribution in [2.75, 3.05) is 31.6 Å². The van der Waals surface area contributed by atoms with E-state index in [0.29, 0.717) is 0 Å². The Labute approximate surface area is 258 Å². The minimum absolute atomic E-state index is 0.833. The summed E-state index contributed by atoms with van der Waals surface area (Å²) in [5.74, 6) is 8.73. The van der Waals surface area contributed by atoms with Gasteiger partial charge in [0.05, 0.1) is 0 Å². The third-order valence-corrected chi connectivity index (χ3v) is 7.43. The van der Waals surface area contributed by atoms with Crippen LogP contribution in [0.4, 0.5) is 0 Å². The molecule has 0 atom stereocenters. The van der Waals surface area contributed by atoms with Crippen LogP contribution in [0.2, 0.25) is 0 Å². The van der Waals surface area contributed by atoms with Crippen LogP contribution >= 0.6 is 0 Å². The second-order valence-electron chi connectivity index (χ2n) is 14.9. The summed E-state index contributed by atoms with van der Waals surface area (Å²) >= 11 is 0. The molecule has 4 aliphatic rings. The summed E-state index contributed by atoms with van der Waals surface area (Å²) in [5, 5.41) is 0. The summed E-state index contributed by atoms with van der Waals surface area (Å²) in [6.45, 7) is 28.6. The highest BCUT2D eigenvalue weighted by Crippen LogP contribution is 2.15. The lowest BCUT2D eigenvalue weighted by Crippen LogP contribution is -2.15. The van der Waals surface area contributed by atoms with Gasteiger partial charge in [-0.3, -0.25) is 4.21 Å². The lowest BCUT2D eigenvalue weighted by atomic mass is 10.3. The molecule has 0 bridgehead atoms. The Morgan fingerprint density at radius 2 is 0.600 bits per heavy atom. The Bertz CT molecular complexity index is 450. The van der Waals surface area contributed by atoms with Gasteiger partial charge in [-0.15, -0.1) is 0 Å². The van der Waals surface area contributed by atoms with Crippen LogP contribution in [0.1, 0.15) is 179 Å². The first-order chi connectivity index (χ1) is 18.5. The molecular formula is C37H83NOS. The Hall–Kier alpha value is -0.0200. The molecule has 0 aromatic carbocycles. The van der Waals surface area contributed by atoms with Crippen LogP contribution in [0.3, 0.4) is 0 Å². The molecule has 248 valence electrons. The summed E-state index contributed by atoms with van der Waals surface area (Å²) in [4.78, 5) is 2.36. The van der Waals surface area contributed by atoms with E-state index < -0.39 is 9.52 Å². The molecule has 2 aliphatic heterocycles. The number of nitrogens with zero attached hydrogens (tertiary/aromatic N) is 1. The Kier molecular flexibility index (Phi) is 41.3. The fraction of sp³-hybridized carbons (Fsp3) is 0.973. The van der Waals surface area contributed by atoms with E-state index in [0.717, 1.165) is 48.0 Å². The van der Waals surface area contributed by atoms with Gasteiger partial charge in [-0.05, 0) is 84.9 Å². The highest BCUT2D eigenvalue weighted by Gasteiger charge is 2.08. The molecule has 2 saturated carbocycles. The highest BCUT2D eigenvalue weighted by molar-refractivity contribution is 8.00. The molecule has 2 aliphatic carbocycles. The second-order valence-corrected chi connectivity index (χ2v) is 17.7. The van der Waals surface area contributed by atoms with E-state index in [9.17, 15) is 4.21 Å². The predicted octanol–water partition coefficient (Wildman–Crippen LogP) is 12.1. The van der Waals surface area contributed by atoms with E-state index in [1.54, 1.807) is 0 Å². The van der Waals surface area contributed by atoms with Crippen molar-refractivity contribution in [2.45, 2.75) is 179 Å². The smallest absolute Gasteiger partial charge is 0.0158 e. The molecule has 0 aromatic rings. The van der Waals surface area contributed by atoms with E-state index >= 15 is 0 Å². The maximum atomic E-state index is 11.1. The molecule has 0 aromatic heterocycles. The van der Waals surface area contributed by atoms with Crippen molar-refractivity contribution in [1.82, 2.24) is 4.90 Å². The van der Waals surface area contributed by atoms with E-state index in [-0.39, 0.29) is 0 Å². The summed E-state index contributed by atoms with van der Waals surface area (Å²) in [6, 6.07) is 0. The summed E-state index contributed by atoms with van der Waals surface area (Å²) in [5.41, 5.74) is 0. The molecule has 0 N–H and O–H groups in total. The van der Waals surface area contributed by atoms with Gasteiger partial charge in [0.1, 0.15) is 0 Å². The van der Waals surface area contributed by atoms with Gasteiger partial charge in [0, 0.05) is 11.5 Å². The third-order valence-electron chi connectivity index (χ3n) is 5.36. The van der Waals surface area contributed by atoms with Gasteiger partial charge in [-0.2, -0.15) is 0 Å². The van der Waals surface area contributed by atoms with Crippen LogP contribution < -0.4 is 0 Å². The standard InChI is InChI=1S/C6H12OS.C5H11N.2C5H10.4C4H10/c1-8(7)5-3-2-4-6-8;1-6-4-2-3-5-6;2*1-2-4-5-3-1;4*1-4(2)3/h1-6H2;2-5H2,1H3;2*1-5H2;4*4H,1-3H3. The second kappa shape index (κ2) is 35.2. The van der Waals surface area contributed by atoms with Gasteiger partial charge in [0.25, 0.3) is 0 Å². The van der Waals surface area contributed by atoms with Gasteiger partial charge in [-0.1, -0.05) is 154 Å². The normalized spacial score (nSPS) is 18.9. The molecular weight excluding hydrogens is 506 g/mol. The number of likely N-dealkylation sites (tertiary alicyclic amines) is 1. The van der Waals surface area contributed by atoms with Crippen molar-refractivity contribution in [2.24, 2.45) is 23.7 Å². The van der Waals surface area contributed by atoms with Crippen molar-refractivity contribution in [3.63, 3.8) is 0 Å². The Morgan fingerprint density at radius 1 is 0.425 bits per heavy atom. The third kappa shape index (κ3) is 71.4. The summed E-state index contributed by atoms with van der Waals surface area (Å²) in [6.07, 6.45) is 21.3. The van der Waals surface area contributed by atoms with Gasteiger partial charge < -0.3 is 4.90 Å². The molecule has 2 saturated heterocycles. The average Bonchev–Trinajstić information content (AvgIpc) is 3.59. The minimum Gasteiger partial charge on any atom is -0.306 e. The molecule has 0 radical (unpaired) electrons. The van der Waals surface area contributed by atoms with E-state index in [2.05, 4.69) is 101 Å². The Morgan fingerprint density at radius 3 is 0.700 bits per heavy atom. The summed E-state index contributed by atoms with van der Waals surface area (Å²) < 4.78 is 11.1. The summed E-state index contributed by atoms with van der Waals surface area (Å²) in [7, 11) is 0.591. The fourth-order valence-corrected chi connectivity index (χ4v) is 5.32. The molecule has 2 heterocycles. The molecule has 3 heteroatoms. The van der Waals surface area contributed by atoms with Crippen molar-refractivity contribution in [3.8, 4) is 0 Å². The van der Waals surface area contributed by atoms with E-state index in [1.165, 1.54) is 96.6 Å². The lowest BCUT2D eigenvalue weighted by Gasteiger charge is -2.13. The molecule has 0 unspecified atom stereocenters. The van der Waals surface area contributed by atoms with Gasteiger partial charge >= 0.3 is 0 Å². The van der Waals surface area contributed by atoms with Gasteiger partial charge in [-0.25, -0.2) is 0 Å².